The van der Waals surface area contributed by atoms with E-state index in [0.29, 0.717) is 22.8 Å². The van der Waals surface area contributed by atoms with Crippen molar-refractivity contribution in [3.63, 3.8) is 0 Å². The first-order valence-corrected chi connectivity index (χ1v) is 12.7. The number of aromatic nitrogens is 2. The molecule has 1 aromatic carbocycles. The van der Waals surface area contributed by atoms with Gasteiger partial charge in [0, 0.05) is 23.7 Å². The second-order valence-corrected chi connectivity index (χ2v) is 10.2. The summed E-state index contributed by atoms with van der Waals surface area (Å²) in [6, 6.07) is 6.36. The molecule has 198 valence electrons. The van der Waals surface area contributed by atoms with E-state index >= 15 is 0 Å². The van der Waals surface area contributed by atoms with E-state index in [1.165, 1.54) is 44.5 Å². The highest BCUT2D eigenvalue weighted by Gasteiger charge is 2.35. The van der Waals surface area contributed by atoms with Gasteiger partial charge in [-0.05, 0) is 49.4 Å². The van der Waals surface area contributed by atoms with Crippen molar-refractivity contribution in [3.05, 3.63) is 62.4 Å². The summed E-state index contributed by atoms with van der Waals surface area (Å²) >= 11 is 0. The van der Waals surface area contributed by atoms with Crippen molar-refractivity contribution in [2.45, 2.75) is 78.2 Å². The molecule has 3 rings (SSSR count). The van der Waals surface area contributed by atoms with E-state index in [4.69, 9.17) is 9.47 Å². The van der Waals surface area contributed by atoms with E-state index in [9.17, 15) is 24.6 Å². The van der Waals surface area contributed by atoms with Gasteiger partial charge in [0.15, 0.2) is 0 Å². The number of carbonyl (C=O) groups is 1. The first-order chi connectivity index (χ1) is 17.1. The van der Waals surface area contributed by atoms with Gasteiger partial charge in [0.2, 0.25) is 0 Å². The molecule has 1 saturated heterocycles. The van der Waals surface area contributed by atoms with Crippen LogP contribution in [0.1, 0.15) is 75.0 Å². The molecule has 2 heterocycles. The lowest BCUT2D eigenvalue weighted by Gasteiger charge is -2.17. The summed E-state index contributed by atoms with van der Waals surface area (Å²) in [7, 11) is 0. The van der Waals surface area contributed by atoms with Gasteiger partial charge in [-0.15, -0.1) is 0 Å². The minimum atomic E-state index is -0.959. The van der Waals surface area contributed by atoms with Crippen LogP contribution < -0.4 is 16.0 Å². The van der Waals surface area contributed by atoms with Crippen molar-refractivity contribution in [2.24, 2.45) is 11.8 Å². The zero-order valence-electron chi connectivity index (χ0n) is 21.6. The van der Waals surface area contributed by atoms with Crippen LogP contribution in [0, 0.1) is 18.8 Å². The van der Waals surface area contributed by atoms with Gasteiger partial charge in [-0.25, -0.2) is 4.79 Å². The fraction of sp³-hybridized carbons (Fsp3) is 0.593. The van der Waals surface area contributed by atoms with Crippen LogP contribution >= 0.6 is 0 Å². The number of aryl methyl sites for hydroxylation is 1. The number of hydrogen-bond donors (Lipinski definition) is 2. The Labute approximate surface area is 211 Å². The molecule has 1 fully saturated rings. The first kappa shape index (κ1) is 27.8. The molecule has 1 aromatic heterocycles. The van der Waals surface area contributed by atoms with Gasteiger partial charge >= 0.3 is 5.69 Å². The molecule has 0 amide bonds. The Balaban J connectivity index is 1.68. The average molecular weight is 503 g/mol. The minimum absolute atomic E-state index is 0.0549. The highest BCUT2D eigenvalue weighted by Crippen LogP contribution is 2.27. The van der Waals surface area contributed by atoms with Crippen LogP contribution in [-0.2, 0) is 4.74 Å². The molecule has 36 heavy (non-hydrogen) atoms. The lowest BCUT2D eigenvalue weighted by atomic mass is 9.98. The summed E-state index contributed by atoms with van der Waals surface area (Å²) < 4.78 is 13.1. The molecule has 0 saturated carbocycles. The molecule has 1 aliphatic rings. The number of nitrogens with zero attached hydrogens (tertiary/aromatic N) is 2. The molecule has 2 N–H and O–H groups in total. The summed E-state index contributed by atoms with van der Waals surface area (Å²) in [6.07, 6.45) is 3.22. The largest absolute Gasteiger partial charge is 0.494 e. The monoisotopic (exact) mass is 502 g/mol. The van der Waals surface area contributed by atoms with Crippen molar-refractivity contribution < 1.29 is 24.5 Å². The van der Waals surface area contributed by atoms with Crippen LogP contribution in [0.15, 0.2) is 40.1 Å². The Morgan fingerprint density at radius 2 is 1.83 bits per heavy atom. The van der Waals surface area contributed by atoms with Crippen LogP contribution in [0.25, 0.3) is 0 Å². The van der Waals surface area contributed by atoms with Crippen LogP contribution in [0.4, 0.5) is 0 Å². The summed E-state index contributed by atoms with van der Waals surface area (Å²) in [4.78, 5) is 38.9. The van der Waals surface area contributed by atoms with Gasteiger partial charge in [0.1, 0.15) is 18.1 Å². The number of hydrogen-bond acceptors (Lipinski definition) is 7. The van der Waals surface area contributed by atoms with E-state index in [1.54, 1.807) is 12.1 Å². The van der Waals surface area contributed by atoms with E-state index in [-0.39, 0.29) is 17.5 Å². The summed E-state index contributed by atoms with van der Waals surface area (Å²) in [5.41, 5.74) is -1.24. The first-order valence-electron chi connectivity index (χ1n) is 12.7. The third kappa shape index (κ3) is 6.72. The van der Waals surface area contributed by atoms with Gasteiger partial charge < -0.3 is 19.7 Å². The molecule has 9 heteroatoms. The predicted octanol–water partition coefficient (Wildman–Crippen LogP) is 2.88. The van der Waals surface area contributed by atoms with Gasteiger partial charge in [-0.1, -0.05) is 40.0 Å². The normalized spacial score (nSPS) is 20.6. The van der Waals surface area contributed by atoms with Gasteiger partial charge in [0.25, 0.3) is 11.5 Å². The Morgan fingerprint density at radius 3 is 2.44 bits per heavy atom. The summed E-state index contributed by atoms with van der Waals surface area (Å²) in [6.45, 7) is 8.35. The number of aliphatic hydroxyl groups is 2. The van der Waals surface area contributed by atoms with Crippen molar-refractivity contribution in [3.8, 4) is 5.75 Å². The fourth-order valence-corrected chi connectivity index (χ4v) is 4.35. The number of aliphatic hydroxyl groups excluding tert-OH is 2. The van der Waals surface area contributed by atoms with Crippen molar-refractivity contribution in [1.29, 1.82) is 0 Å². The molecule has 0 radical (unpaired) electrons. The molecule has 0 aliphatic carbocycles. The lowest BCUT2D eigenvalue weighted by Crippen LogP contribution is -2.45. The number of ether oxygens (including phenoxy) is 2. The number of benzene rings is 1. The number of rotatable bonds is 11. The maximum Gasteiger partial charge on any atom is 0.340 e. The van der Waals surface area contributed by atoms with Crippen LogP contribution in [-0.4, -0.2) is 50.7 Å². The Morgan fingerprint density at radius 1 is 1.14 bits per heavy atom. The lowest BCUT2D eigenvalue weighted by molar-refractivity contribution is -0.0462. The highest BCUT2D eigenvalue weighted by atomic mass is 16.5. The third-order valence-electron chi connectivity index (χ3n) is 6.64. The van der Waals surface area contributed by atoms with Crippen molar-refractivity contribution >= 4 is 5.91 Å². The Kier molecular flexibility index (Phi) is 9.64. The molecule has 0 spiro atoms. The second kappa shape index (κ2) is 12.5. The van der Waals surface area contributed by atoms with E-state index in [0.717, 1.165) is 16.9 Å². The zero-order valence-corrected chi connectivity index (χ0v) is 21.6. The smallest absolute Gasteiger partial charge is 0.340 e. The Hall–Kier alpha value is -2.75. The van der Waals surface area contributed by atoms with E-state index < -0.39 is 42.2 Å². The molecule has 2 unspecified atom stereocenters. The molecular formula is C27H38N2O7. The van der Waals surface area contributed by atoms with E-state index in [1.807, 2.05) is 0 Å². The second-order valence-electron chi connectivity index (χ2n) is 10.2. The standard InChI is InChI=1S/C27H38N2O7/c1-17(2)6-5-7-18(3)12-13-35-21-10-8-20(9-11-21)26(33)29-25(32)19(4)15-28(27(29)34)24-14-22(31)23(16-30)36-24/h8-11,15,17-18,22-24,30-31H,5-7,12-14,16H2,1-4H3/t18?,22-,23-,24?/m1/s1. The molecule has 9 nitrogen and oxygen atoms in total. The molecule has 0 bridgehead atoms. The summed E-state index contributed by atoms with van der Waals surface area (Å²) in [5.74, 6) is 1.14. The fourth-order valence-electron chi connectivity index (χ4n) is 4.35. The summed E-state index contributed by atoms with van der Waals surface area (Å²) in [5, 5.41) is 19.3. The molecular weight excluding hydrogens is 464 g/mol. The highest BCUT2D eigenvalue weighted by molar-refractivity contribution is 5.95. The van der Waals surface area contributed by atoms with Crippen molar-refractivity contribution in [1.82, 2.24) is 9.13 Å². The molecule has 4 atom stereocenters. The van der Waals surface area contributed by atoms with Crippen LogP contribution in [0.2, 0.25) is 0 Å². The van der Waals surface area contributed by atoms with Gasteiger partial charge in [-0.3, -0.25) is 14.2 Å². The average Bonchev–Trinajstić information content (AvgIpc) is 3.22. The van der Waals surface area contributed by atoms with Crippen molar-refractivity contribution in [2.75, 3.05) is 13.2 Å². The molecule has 1 aliphatic heterocycles. The molecule has 2 aromatic rings. The maximum absolute atomic E-state index is 13.1. The van der Waals surface area contributed by atoms with Gasteiger partial charge in [-0.2, -0.15) is 4.57 Å². The number of carbonyl (C=O) groups excluding carboxylic acids is 1. The quantitative estimate of drug-likeness (QED) is 0.485. The predicted molar refractivity (Wildman–Crippen MR) is 135 cm³/mol. The zero-order chi connectivity index (χ0) is 26.4. The maximum atomic E-state index is 13.1. The van der Waals surface area contributed by atoms with Crippen LogP contribution in [0.3, 0.4) is 0 Å². The van der Waals surface area contributed by atoms with E-state index in [2.05, 4.69) is 20.8 Å². The van der Waals surface area contributed by atoms with Gasteiger partial charge in [0.05, 0.1) is 19.3 Å². The Bertz CT molecular complexity index is 1140. The minimum Gasteiger partial charge on any atom is -0.494 e. The SMILES string of the molecule is Cc1cn(C2C[C@@H](O)[C@@H](CO)O2)c(=O)n(C(=O)c2ccc(OCCC(C)CCCC(C)C)cc2)c1=O. The topological polar surface area (TPSA) is 120 Å². The third-order valence-corrected chi connectivity index (χ3v) is 6.64. The van der Waals surface area contributed by atoms with Crippen LogP contribution in [0.5, 0.6) is 5.75 Å².